The Hall–Kier alpha value is -3.08. The van der Waals surface area contributed by atoms with Crippen LogP contribution in [-0.2, 0) is 14.3 Å². The van der Waals surface area contributed by atoms with Gasteiger partial charge < -0.3 is 14.8 Å². The van der Waals surface area contributed by atoms with Crippen LogP contribution in [0.25, 0.3) is 6.08 Å². The van der Waals surface area contributed by atoms with E-state index in [-0.39, 0.29) is 5.91 Å². The molecule has 0 bridgehead atoms. The van der Waals surface area contributed by atoms with E-state index in [0.717, 1.165) is 11.3 Å². The lowest BCUT2D eigenvalue weighted by atomic mass is 10.2. The fourth-order valence-electron chi connectivity index (χ4n) is 2.04. The van der Waals surface area contributed by atoms with Crippen LogP contribution in [0.3, 0.4) is 0 Å². The second kappa shape index (κ2) is 9.27. The number of ether oxygens (including phenoxy) is 2. The molecule has 2 rings (SSSR count). The third-order valence-electron chi connectivity index (χ3n) is 3.31. The summed E-state index contributed by atoms with van der Waals surface area (Å²) in [5.41, 5.74) is 1.49. The molecule has 0 radical (unpaired) electrons. The molecule has 0 fully saturated rings. The second-order valence-electron chi connectivity index (χ2n) is 5.27. The fourth-order valence-corrected chi connectivity index (χ4v) is 2.04. The molecule has 1 amide bonds. The zero-order valence-electron chi connectivity index (χ0n) is 14.3. The first-order valence-corrected chi connectivity index (χ1v) is 8.06. The van der Waals surface area contributed by atoms with Gasteiger partial charge in [-0.25, -0.2) is 4.79 Å². The molecule has 0 saturated carbocycles. The van der Waals surface area contributed by atoms with Crippen LogP contribution in [0.4, 0.5) is 5.69 Å². The molecule has 5 heteroatoms. The van der Waals surface area contributed by atoms with Gasteiger partial charge in [0.2, 0.25) is 0 Å². The lowest BCUT2D eigenvalue weighted by molar-refractivity contribution is -0.148. The van der Waals surface area contributed by atoms with Crippen LogP contribution in [0, 0.1) is 0 Å². The summed E-state index contributed by atoms with van der Waals surface area (Å²) < 4.78 is 10.5. The van der Waals surface area contributed by atoms with Crippen LogP contribution in [0.5, 0.6) is 5.75 Å². The highest BCUT2D eigenvalue weighted by molar-refractivity contribution is 5.96. The Balaban J connectivity index is 1.85. The standard InChI is InChI=1S/C20H21NO4/c1-3-24-18-12-9-16(10-13-18)11-14-19(22)25-15(2)20(23)21-17-7-5-4-6-8-17/h4-15H,3H2,1-2H3,(H,21,23)/b14-11+. The molecule has 0 heterocycles. The number of rotatable bonds is 7. The van der Waals surface area contributed by atoms with Crippen molar-refractivity contribution in [1.29, 1.82) is 0 Å². The molecule has 0 aromatic heterocycles. The van der Waals surface area contributed by atoms with Crippen molar-refractivity contribution in [3.05, 3.63) is 66.2 Å². The Morgan fingerprint density at radius 1 is 1.08 bits per heavy atom. The quantitative estimate of drug-likeness (QED) is 0.617. The van der Waals surface area contributed by atoms with E-state index >= 15 is 0 Å². The Morgan fingerprint density at radius 3 is 2.40 bits per heavy atom. The van der Waals surface area contributed by atoms with Gasteiger partial charge in [-0.15, -0.1) is 0 Å². The molecule has 0 aliphatic rings. The molecule has 130 valence electrons. The van der Waals surface area contributed by atoms with Gasteiger partial charge in [0.1, 0.15) is 5.75 Å². The van der Waals surface area contributed by atoms with Gasteiger partial charge in [-0.1, -0.05) is 30.3 Å². The van der Waals surface area contributed by atoms with Gasteiger partial charge in [-0.2, -0.15) is 0 Å². The summed E-state index contributed by atoms with van der Waals surface area (Å²) in [6.07, 6.45) is 2.03. The van der Waals surface area contributed by atoms with Crippen LogP contribution in [0.1, 0.15) is 19.4 Å². The number of para-hydroxylation sites is 1. The minimum Gasteiger partial charge on any atom is -0.494 e. The predicted molar refractivity (Wildman–Crippen MR) is 97.3 cm³/mol. The molecule has 0 aliphatic carbocycles. The van der Waals surface area contributed by atoms with Crippen molar-refractivity contribution >= 4 is 23.6 Å². The first-order chi connectivity index (χ1) is 12.1. The predicted octanol–water partition coefficient (Wildman–Crippen LogP) is 3.67. The number of hydrogen-bond donors (Lipinski definition) is 1. The number of hydrogen-bond acceptors (Lipinski definition) is 4. The molecule has 5 nitrogen and oxygen atoms in total. The highest BCUT2D eigenvalue weighted by Crippen LogP contribution is 2.13. The number of benzene rings is 2. The maximum absolute atomic E-state index is 12.0. The van der Waals surface area contributed by atoms with E-state index in [1.807, 2.05) is 49.4 Å². The second-order valence-corrected chi connectivity index (χ2v) is 5.27. The Kier molecular flexibility index (Phi) is 6.77. The van der Waals surface area contributed by atoms with Crippen LogP contribution >= 0.6 is 0 Å². The average molecular weight is 339 g/mol. The summed E-state index contributed by atoms with van der Waals surface area (Å²) in [4.78, 5) is 23.8. The number of carbonyl (C=O) groups is 2. The monoisotopic (exact) mass is 339 g/mol. The van der Waals surface area contributed by atoms with Gasteiger partial charge in [0, 0.05) is 11.8 Å². The third kappa shape index (κ3) is 6.14. The van der Waals surface area contributed by atoms with E-state index in [0.29, 0.717) is 12.3 Å². The van der Waals surface area contributed by atoms with E-state index in [1.54, 1.807) is 18.2 Å². The van der Waals surface area contributed by atoms with Crippen LogP contribution in [0.2, 0.25) is 0 Å². The smallest absolute Gasteiger partial charge is 0.331 e. The molecule has 1 atom stereocenters. The Morgan fingerprint density at radius 2 is 1.76 bits per heavy atom. The molecular formula is C20H21NO4. The summed E-state index contributed by atoms with van der Waals surface area (Å²) in [5.74, 6) is -0.188. The van der Waals surface area contributed by atoms with Gasteiger partial charge in [-0.05, 0) is 49.8 Å². The first kappa shape index (κ1) is 18.3. The number of nitrogens with one attached hydrogen (secondary N) is 1. The first-order valence-electron chi connectivity index (χ1n) is 8.06. The Labute approximate surface area is 147 Å². The summed E-state index contributed by atoms with van der Waals surface area (Å²) >= 11 is 0. The van der Waals surface area contributed by atoms with Crippen LogP contribution in [0.15, 0.2) is 60.7 Å². The zero-order chi connectivity index (χ0) is 18.1. The third-order valence-corrected chi connectivity index (χ3v) is 3.31. The van der Waals surface area contributed by atoms with E-state index in [4.69, 9.17) is 9.47 Å². The molecule has 2 aromatic carbocycles. The van der Waals surface area contributed by atoms with E-state index < -0.39 is 12.1 Å². The molecular weight excluding hydrogens is 318 g/mol. The van der Waals surface area contributed by atoms with Crippen molar-refractivity contribution in [1.82, 2.24) is 0 Å². The average Bonchev–Trinajstić information content (AvgIpc) is 2.62. The topological polar surface area (TPSA) is 64.6 Å². The van der Waals surface area contributed by atoms with E-state index in [9.17, 15) is 9.59 Å². The van der Waals surface area contributed by atoms with Gasteiger partial charge in [-0.3, -0.25) is 4.79 Å². The number of esters is 1. The van der Waals surface area contributed by atoms with Gasteiger partial charge in [0.25, 0.3) is 5.91 Å². The minimum atomic E-state index is -0.891. The van der Waals surface area contributed by atoms with Crippen molar-refractivity contribution < 1.29 is 19.1 Å². The van der Waals surface area contributed by atoms with Gasteiger partial charge in [0.15, 0.2) is 6.10 Å². The summed E-state index contributed by atoms with van der Waals surface area (Å²) in [7, 11) is 0. The SMILES string of the molecule is CCOc1ccc(/C=C/C(=O)OC(C)C(=O)Nc2ccccc2)cc1. The van der Waals surface area contributed by atoms with Gasteiger partial charge in [0.05, 0.1) is 6.61 Å². The van der Waals surface area contributed by atoms with Crippen LogP contribution < -0.4 is 10.1 Å². The fraction of sp³-hybridized carbons (Fsp3) is 0.200. The summed E-state index contributed by atoms with van der Waals surface area (Å²) in [5, 5.41) is 2.68. The molecule has 1 N–H and O–H groups in total. The molecule has 25 heavy (non-hydrogen) atoms. The van der Waals surface area contributed by atoms with Crippen molar-refractivity contribution in [2.75, 3.05) is 11.9 Å². The van der Waals surface area contributed by atoms with Gasteiger partial charge >= 0.3 is 5.97 Å². The maximum Gasteiger partial charge on any atom is 0.331 e. The number of anilines is 1. The molecule has 0 spiro atoms. The van der Waals surface area contributed by atoms with Crippen molar-refractivity contribution in [3.8, 4) is 5.75 Å². The molecule has 2 aromatic rings. The van der Waals surface area contributed by atoms with Crippen molar-refractivity contribution in [2.24, 2.45) is 0 Å². The lowest BCUT2D eigenvalue weighted by Gasteiger charge is -2.12. The largest absolute Gasteiger partial charge is 0.494 e. The van der Waals surface area contributed by atoms with E-state index in [1.165, 1.54) is 13.0 Å². The number of carbonyl (C=O) groups excluding carboxylic acids is 2. The minimum absolute atomic E-state index is 0.381. The lowest BCUT2D eigenvalue weighted by Crippen LogP contribution is -2.29. The maximum atomic E-state index is 12.0. The van der Waals surface area contributed by atoms with Crippen molar-refractivity contribution in [2.45, 2.75) is 20.0 Å². The van der Waals surface area contributed by atoms with E-state index in [2.05, 4.69) is 5.32 Å². The summed E-state index contributed by atoms with van der Waals surface area (Å²) in [6.45, 7) is 4.05. The highest BCUT2D eigenvalue weighted by atomic mass is 16.5. The molecule has 1 unspecified atom stereocenters. The Bertz CT molecular complexity index is 723. The molecule has 0 saturated heterocycles. The number of amides is 1. The summed E-state index contributed by atoms with van der Waals surface area (Å²) in [6, 6.07) is 16.3. The zero-order valence-corrected chi connectivity index (χ0v) is 14.3. The van der Waals surface area contributed by atoms with Crippen molar-refractivity contribution in [3.63, 3.8) is 0 Å². The normalized spacial score (nSPS) is 11.8. The molecule has 0 aliphatic heterocycles. The van der Waals surface area contributed by atoms with Crippen LogP contribution in [-0.4, -0.2) is 24.6 Å². The highest BCUT2D eigenvalue weighted by Gasteiger charge is 2.16.